The molecule has 1 N–H and O–H groups in total. The van der Waals surface area contributed by atoms with Gasteiger partial charge in [0.15, 0.2) is 5.11 Å². The molecule has 25 heavy (non-hydrogen) atoms. The summed E-state index contributed by atoms with van der Waals surface area (Å²) < 4.78 is 14.0. The minimum atomic E-state index is -0.494. The molecule has 0 saturated carbocycles. The van der Waals surface area contributed by atoms with Gasteiger partial charge >= 0.3 is 0 Å². The third-order valence-electron chi connectivity index (χ3n) is 4.09. The van der Waals surface area contributed by atoms with Crippen LogP contribution in [-0.2, 0) is 4.79 Å². The summed E-state index contributed by atoms with van der Waals surface area (Å²) >= 11 is 5.23. The van der Waals surface area contributed by atoms with Gasteiger partial charge in [-0.05, 0) is 46.8 Å². The predicted molar refractivity (Wildman–Crippen MR) is 102 cm³/mol. The lowest BCUT2D eigenvalue weighted by atomic mass is 10.0. The van der Waals surface area contributed by atoms with Crippen LogP contribution in [0.2, 0.25) is 0 Å². The Morgan fingerprint density at radius 3 is 2.52 bits per heavy atom. The first-order chi connectivity index (χ1) is 12.1. The van der Waals surface area contributed by atoms with Crippen molar-refractivity contribution in [3.63, 3.8) is 0 Å². The largest absolute Gasteiger partial charge is 0.327 e. The van der Waals surface area contributed by atoms with Crippen LogP contribution in [0.25, 0.3) is 16.8 Å². The van der Waals surface area contributed by atoms with E-state index in [1.54, 1.807) is 18.2 Å². The topological polar surface area (TPSA) is 32.3 Å². The molecule has 1 aliphatic heterocycles. The monoisotopic (exact) mass is 348 g/mol. The number of para-hydroxylation sites is 1. The van der Waals surface area contributed by atoms with Gasteiger partial charge in [0, 0.05) is 0 Å². The third-order valence-corrected chi connectivity index (χ3v) is 4.38. The second-order valence-corrected chi connectivity index (χ2v) is 6.04. The van der Waals surface area contributed by atoms with Crippen LogP contribution in [0.5, 0.6) is 0 Å². The van der Waals surface area contributed by atoms with E-state index < -0.39 is 5.82 Å². The first-order valence-corrected chi connectivity index (χ1v) is 8.15. The van der Waals surface area contributed by atoms with Gasteiger partial charge in [-0.3, -0.25) is 4.79 Å². The molecule has 1 saturated heterocycles. The van der Waals surface area contributed by atoms with E-state index in [0.29, 0.717) is 5.70 Å². The SMILES string of the molecule is O=C1/C(=C\c2cccc3ccccc23)NC(=S)N1c1ccccc1F. The van der Waals surface area contributed by atoms with Crippen molar-refractivity contribution in [1.29, 1.82) is 0 Å². The summed E-state index contributed by atoms with van der Waals surface area (Å²) in [6.07, 6.45) is 1.75. The molecule has 0 aliphatic carbocycles. The summed E-state index contributed by atoms with van der Waals surface area (Å²) in [6.45, 7) is 0. The van der Waals surface area contributed by atoms with Crippen LogP contribution in [0, 0.1) is 5.82 Å². The summed E-state index contributed by atoms with van der Waals surface area (Å²) in [7, 11) is 0. The number of nitrogens with zero attached hydrogens (tertiary/aromatic N) is 1. The molecule has 3 aromatic rings. The summed E-state index contributed by atoms with van der Waals surface area (Å²) in [6, 6.07) is 19.9. The fraction of sp³-hybridized carbons (Fsp3) is 0. The maximum Gasteiger partial charge on any atom is 0.281 e. The number of nitrogens with one attached hydrogen (secondary N) is 1. The molecule has 0 spiro atoms. The molecule has 0 bridgehead atoms. The highest BCUT2D eigenvalue weighted by molar-refractivity contribution is 7.80. The van der Waals surface area contributed by atoms with E-state index in [-0.39, 0.29) is 16.7 Å². The van der Waals surface area contributed by atoms with Gasteiger partial charge in [0.05, 0.1) is 5.69 Å². The molecule has 0 unspecified atom stereocenters. The molecular weight excluding hydrogens is 335 g/mol. The molecule has 4 rings (SSSR count). The van der Waals surface area contributed by atoms with Crippen molar-refractivity contribution in [2.24, 2.45) is 0 Å². The molecular formula is C20H13FN2OS. The zero-order valence-corrected chi connectivity index (χ0v) is 13.9. The van der Waals surface area contributed by atoms with E-state index >= 15 is 0 Å². The van der Waals surface area contributed by atoms with Crippen molar-refractivity contribution in [2.75, 3.05) is 4.90 Å². The van der Waals surface area contributed by atoms with E-state index in [2.05, 4.69) is 5.32 Å². The van der Waals surface area contributed by atoms with Crippen LogP contribution in [-0.4, -0.2) is 11.0 Å². The van der Waals surface area contributed by atoms with Gasteiger partial charge in [0.1, 0.15) is 11.5 Å². The van der Waals surface area contributed by atoms with Gasteiger partial charge in [-0.2, -0.15) is 0 Å². The molecule has 3 aromatic carbocycles. The van der Waals surface area contributed by atoms with Crippen LogP contribution in [0.3, 0.4) is 0 Å². The smallest absolute Gasteiger partial charge is 0.281 e. The van der Waals surface area contributed by atoms with Crippen molar-refractivity contribution in [1.82, 2.24) is 5.32 Å². The molecule has 1 fully saturated rings. The molecule has 0 aromatic heterocycles. The van der Waals surface area contributed by atoms with E-state index in [1.807, 2.05) is 42.5 Å². The van der Waals surface area contributed by atoms with Crippen molar-refractivity contribution in [3.8, 4) is 0 Å². The number of carbonyl (C=O) groups excluding carboxylic acids is 1. The van der Waals surface area contributed by atoms with Gasteiger partial charge in [-0.15, -0.1) is 0 Å². The number of halogens is 1. The minimum Gasteiger partial charge on any atom is -0.327 e. The molecule has 1 heterocycles. The lowest BCUT2D eigenvalue weighted by Gasteiger charge is -2.14. The van der Waals surface area contributed by atoms with Gasteiger partial charge in [0.25, 0.3) is 5.91 Å². The fourth-order valence-electron chi connectivity index (χ4n) is 2.92. The van der Waals surface area contributed by atoms with Crippen LogP contribution >= 0.6 is 12.2 Å². The lowest BCUT2D eigenvalue weighted by Crippen LogP contribution is -2.31. The summed E-state index contributed by atoms with van der Waals surface area (Å²) in [4.78, 5) is 13.9. The number of hydrogen-bond donors (Lipinski definition) is 1. The maximum atomic E-state index is 14.0. The Balaban J connectivity index is 1.77. The third kappa shape index (κ3) is 2.68. The standard InChI is InChI=1S/C20H13FN2OS/c21-16-10-3-4-11-18(16)23-19(24)17(22-20(23)25)12-14-8-5-7-13-6-1-2-9-15(13)14/h1-12H,(H,22,25)/b17-12+. The molecule has 5 heteroatoms. The lowest BCUT2D eigenvalue weighted by molar-refractivity contribution is -0.113. The Morgan fingerprint density at radius 2 is 1.68 bits per heavy atom. The Hall–Kier alpha value is -3.05. The van der Waals surface area contributed by atoms with Crippen LogP contribution < -0.4 is 10.2 Å². The number of hydrogen-bond acceptors (Lipinski definition) is 2. The molecule has 122 valence electrons. The average Bonchev–Trinajstić information content (AvgIpc) is 2.90. The van der Waals surface area contributed by atoms with Crippen LogP contribution in [0.1, 0.15) is 5.56 Å². The van der Waals surface area contributed by atoms with E-state index in [4.69, 9.17) is 12.2 Å². The van der Waals surface area contributed by atoms with Crippen molar-refractivity contribution in [3.05, 3.63) is 83.8 Å². The van der Waals surface area contributed by atoms with Crippen molar-refractivity contribution in [2.45, 2.75) is 0 Å². The van der Waals surface area contributed by atoms with Gasteiger partial charge < -0.3 is 5.32 Å². The highest BCUT2D eigenvalue weighted by Gasteiger charge is 2.33. The normalized spacial score (nSPS) is 15.9. The fourth-order valence-corrected chi connectivity index (χ4v) is 3.21. The van der Waals surface area contributed by atoms with Crippen LogP contribution in [0.4, 0.5) is 10.1 Å². The zero-order chi connectivity index (χ0) is 17.4. The van der Waals surface area contributed by atoms with Gasteiger partial charge in [-0.25, -0.2) is 9.29 Å². The average molecular weight is 348 g/mol. The Bertz CT molecular complexity index is 1040. The molecule has 3 nitrogen and oxygen atoms in total. The molecule has 0 atom stereocenters. The number of anilines is 1. The Morgan fingerprint density at radius 1 is 0.960 bits per heavy atom. The van der Waals surface area contributed by atoms with Crippen molar-refractivity contribution < 1.29 is 9.18 Å². The number of rotatable bonds is 2. The quantitative estimate of drug-likeness (QED) is 0.555. The second kappa shape index (κ2) is 6.11. The Labute approximate surface area is 149 Å². The number of amides is 1. The van der Waals surface area contributed by atoms with Crippen molar-refractivity contribution >= 4 is 45.8 Å². The summed E-state index contributed by atoms with van der Waals surface area (Å²) in [5, 5.41) is 5.17. The van der Waals surface area contributed by atoms with Gasteiger partial charge in [-0.1, -0.05) is 54.6 Å². The van der Waals surface area contributed by atoms with E-state index in [1.165, 1.54) is 17.0 Å². The highest BCUT2D eigenvalue weighted by atomic mass is 32.1. The van der Waals surface area contributed by atoms with Gasteiger partial charge in [0.2, 0.25) is 0 Å². The maximum absolute atomic E-state index is 14.0. The molecule has 1 aliphatic rings. The van der Waals surface area contributed by atoms with Crippen LogP contribution in [0.15, 0.2) is 72.4 Å². The summed E-state index contributed by atoms with van der Waals surface area (Å²) in [5.41, 5.74) is 1.36. The number of fused-ring (bicyclic) bond motifs is 1. The number of carbonyl (C=O) groups is 1. The molecule has 1 amide bonds. The zero-order valence-electron chi connectivity index (χ0n) is 13.1. The summed E-state index contributed by atoms with van der Waals surface area (Å²) in [5.74, 6) is -0.866. The Kier molecular flexibility index (Phi) is 3.78. The first kappa shape index (κ1) is 15.5. The highest BCUT2D eigenvalue weighted by Crippen LogP contribution is 2.26. The van der Waals surface area contributed by atoms with E-state index in [0.717, 1.165) is 16.3 Å². The predicted octanol–water partition coefficient (Wildman–Crippen LogP) is 4.24. The molecule has 0 radical (unpaired) electrons. The first-order valence-electron chi connectivity index (χ1n) is 7.74. The number of benzene rings is 3. The second-order valence-electron chi connectivity index (χ2n) is 5.65. The van der Waals surface area contributed by atoms with E-state index in [9.17, 15) is 9.18 Å². The number of thiocarbonyl (C=S) groups is 1. The minimum absolute atomic E-state index is 0.145.